The van der Waals surface area contributed by atoms with Crippen molar-refractivity contribution in [1.29, 1.82) is 0 Å². The molecule has 0 heterocycles. The number of aliphatic imine (C=N–C) groups is 1. The third kappa shape index (κ3) is 5.05. The van der Waals surface area contributed by atoms with Crippen molar-refractivity contribution in [2.45, 2.75) is 39.7 Å². The van der Waals surface area contributed by atoms with Crippen molar-refractivity contribution in [3.05, 3.63) is 23.8 Å². The van der Waals surface area contributed by atoms with Gasteiger partial charge in [-0.3, -0.25) is 0 Å². The first-order chi connectivity index (χ1) is 11.0. The van der Waals surface area contributed by atoms with Gasteiger partial charge in [-0.15, -0.1) is 0 Å². The summed E-state index contributed by atoms with van der Waals surface area (Å²) in [4.78, 5) is 4.42. The topological polar surface area (TPSA) is 68.9 Å². The van der Waals surface area contributed by atoms with Crippen LogP contribution in [0.2, 0.25) is 0 Å². The molecule has 5 heteroatoms. The van der Waals surface area contributed by atoms with Crippen molar-refractivity contribution < 1.29 is 9.47 Å². The maximum atomic E-state index is 6.00. The van der Waals surface area contributed by atoms with Gasteiger partial charge in [-0.1, -0.05) is 19.9 Å². The van der Waals surface area contributed by atoms with Crippen molar-refractivity contribution in [2.75, 3.05) is 20.8 Å². The predicted molar refractivity (Wildman–Crippen MR) is 94.0 cm³/mol. The third-order valence-corrected chi connectivity index (χ3v) is 4.32. The largest absolute Gasteiger partial charge is 0.493 e. The number of guanidine groups is 1. The molecule has 0 radical (unpaired) electrons. The molecule has 0 saturated heterocycles. The van der Waals surface area contributed by atoms with E-state index in [1.807, 2.05) is 18.2 Å². The average molecular weight is 319 g/mol. The van der Waals surface area contributed by atoms with Crippen LogP contribution in [0.15, 0.2) is 23.2 Å². The Hall–Kier alpha value is -1.91. The molecule has 0 aromatic heterocycles. The number of hydrogen-bond donors (Lipinski definition) is 2. The number of nitrogens with zero attached hydrogens (tertiary/aromatic N) is 1. The fourth-order valence-corrected chi connectivity index (χ4v) is 2.99. The second-order valence-electron chi connectivity index (χ2n) is 6.84. The van der Waals surface area contributed by atoms with Gasteiger partial charge in [-0.25, -0.2) is 4.99 Å². The fourth-order valence-electron chi connectivity index (χ4n) is 2.99. The molecule has 0 unspecified atom stereocenters. The van der Waals surface area contributed by atoms with Crippen LogP contribution in [0.4, 0.5) is 0 Å². The number of methoxy groups -OCH3 is 2. The lowest BCUT2D eigenvalue weighted by atomic mass is 9.94. The molecule has 23 heavy (non-hydrogen) atoms. The Balaban J connectivity index is 1.87. The van der Waals surface area contributed by atoms with Crippen molar-refractivity contribution >= 4 is 5.96 Å². The van der Waals surface area contributed by atoms with Gasteiger partial charge in [0, 0.05) is 6.54 Å². The maximum Gasteiger partial charge on any atom is 0.188 e. The lowest BCUT2D eigenvalue weighted by molar-refractivity contribution is 0.354. The second-order valence-corrected chi connectivity index (χ2v) is 6.84. The molecule has 1 aromatic carbocycles. The zero-order valence-electron chi connectivity index (χ0n) is 14.7. The summed E-state index contributed by atoms with van der Waals surface area (Å²) in [6.45, 7) is 5.99. The van der Waals surface area contributed by atoms with Crippen LogP contribution in [-0.4, -0.2) is 26.7 Å². The average Bonchev–Trinajstić information content (AvgIpc) is 3.29. The third-order valence-electron chi connectivity index (χ3n) is 4.32. The molecule has 1 aliphatic carbocycles. The molecule has 1 saturated carbocycles. The molecular formula is C18H29N3O2. The molecule has 0 bridgehead atoms. The Kier molecular flexibility index (Phi) is 5.74. The zero-order valence-corrected chi connectivity index (χ0v) is 14.7. The monoisotopic (exact) mass is 319 g/mol. The molecule has 0 atom stereocenters. The summed E-state index contributed by atoms with van der Waals surface area (Å²) >= 11 is 0. The van der Waals surface area contributed by atoms with Crippen LogP contribution >= 0.6 is 0 Å². The summed E-state index contributed by atoms with van der Waals surface area (Å²) in [5.74, 6) is 2.66. The number of nitrogens with one attached hydrogen (secondary N) is 1. The van der Waals surface area contributed by atoms with Crippen LogP contribution < -0.4 is 20.5 Å². The standard InChI is InChI=1S/C18H29N3O2/c1-13(2)10-18(7-8-18)12-21-17(19)20-11-14-5-6-15(22-3)16(9-14)23-4/h5-6,9,13H,7-8,10-12H2,1-4H3,(H3,19,20,21). The summed E-state index contributed by atoms with van der Waals surface area (Å²) in [6.07, 6.45) is 3.84. The number of ether oxygens (including phenoxy) is 2. The van der Waals surface area contributed by atoms with Crippen LogP contribution in [0.3, 0.4) is 0 Å². The Bertz CT molecular complexity index is 551. The Morgan fingerprint density at radius 2 is 1.96 bits per heavy atom. The van der Waals surface area contributed by atoms with Crippen molar-refractivity contribution in [2.24, 2.45) is 22.1 Å². The smallest absolute Gasteiger partial charge is 0.188 e. The van der Waals surface area contributed by atoms with Crippen molar-refractivity contribution in [3.63, 3.8) is 0 Å². The van der Waals surface area contributed by atoms with Gasteiger partial charge >= 0.3 is 0 Å². The van der Waals surface area contributed by atoms with Crippen LogP contribution in [0, 0.1) is 11.3 Å². The Morgan fingerprint density at radius 3 is 2.52 bits per heavy atom. The number of rotatable bonds is 8. The van der Waals surface area contributed by atoms with Gasteiger partial charge in [0.1, 0.15) is 0 Å². The molecule has 1 aromatic rings. The van der Waals surface area contributed by atoms with E-state index < -0.39 is 0 Å². The van der Waals surface area contributed by atoms with Crippen LogP contribution in [0.25, 0.3) is 0 Å². The van der Waals surface area contributed by atoms with E-state index in [1.54, 1.807) is 14.2 Å². The van der Waals surface area contributed by atoms with Gasteiger partial charge in [-0.05, 0) is 48.3 Å². The van der Waals surface area contributed by atoms with Gasteiger partial charge in [0.25, 0.3) is 0 Å². The first-order valence-corrected chi connectivity index (χ1v) is 8.23. The minimum absolute atomic E-state index is 0.442. The van der Waals surface area contributed by atoms with E-state index in [9.17, 15) is 0 Å². The van der Waals surface area contributed by atoms with E-state index in [2.05, 4.69) is 24.2 Å². The first kappa shape index (κ1) is 17.4. The second kappa shape index (κ2) is 7.57. The van der Waals surface area contributed by atoms with E-state index >= 15 is 0 Å². The number of nitrogens with two attached hydrogens (primary N) is 1. The highest BCUT2D eigenvalue weighted by Gasteiger charge is 2.42. The van der Waals surface area contributed by atoms with Gasteiger partial charge in [-0.2, -0.15) is 0 Å². The van der Waals surface area contributed by atoms with Crippen molar-refractivity contribution in [1.82, 2.24) is 5.32 Å². The van der Waals surface area contributed by atoms with Crippen LogP contribution in [0.1, 0.15) is 38.7 Å². The van der Waals surface area contributed by atoms with Crippen LogP contribution in [0.5, 0.6) is 11.5 Å². The lowest BCUT2D eigenvalue weighted by Crippen LogP contribution is -2.36. The van der Waals surface area contributed by atoms with Crippen LogP contribution in [-0.2, 0) is 6.54 Å². The van der Waals surface area contributed by atoms with Gasteiger partial charge in [0.2, 0.25) is 0 Å². The molecular weight excluding hydrogens is 290 g/mol. The molecule has 0 spiro atoms. The highest BCUT2D eigenvalue weighted by molar-refractivity contribution is 5.77. The SMILES string of the molecule is COc1ccc(CN=C(N)NCC2(CC(C)C)CC2)cc1OC. The molecule has 0 amide bonds. The normalized spacial score (nSPS) is 16.3. The summed E-state index contributed by atoms with van der Waals surface area (Å²) in [5.41, 5.74) is 7.48. The van der Waals surface area contributed by atoms with E-state index in [0.29, 0.717) is 23.7 Å². The predicted octanol–water partition coefficient (Wildman–Crippen LogP) is 2.93. The van der Waals surface area contributed by atoms with Gasteiger partial charge in [0.15, 0.2) is 17.5 Å². The van der Waals surface area contributed by atoms with E-state index in [0.717, 1.165) is 23.8 Å². The molecule has 1 fully saturated rings. The molecule has 3 N–H and O–H groups in total. The minimum Gasteiger partial charge on any atom is -0.493 e. The fraction of sp³-hybridized carbons (Fsp3) is 0.611. The van der Waals surface area contributed by atoms with E-state index in [4.69, 9.17) is 15.2 Å². The lowest BCUT2D eigenvalue weighted by Gasteiger charge is -2.18. The highest BCUT2D eigenvalue weighted by Crippen LogP contribution is 2.49. The Morgan fingerprint density at radius 1 is 1.26 bits per heavy atom. The number of hydrogen-bond acceptors (Lipinski definition) is 3. The quantitative estimate of drug-likeness (QED) is 0.571. The minimum atomic E-state index is 0.442. The molecule has 0 aliphatic heterocycles. The molecule has 128 valence electrons. The summed E-state index contributed by atoms with van der Waals surface area (Å²) in [5, 5.41) is 3.28. The van der Waals surface area contributed by atoms with Gasteiger partial charge < -0.3 is 20.5 Å². The Labute approximate surface area is 139 Å². The molecule has 2 rings (SSSR count). The zero-order chi connectivity index (χ0) is 16.9. The maximum absolute atomic E-state index is 6.00. The van der Waals surface area contributed by atoms with Gasteiger partial charge in [0.05, 0.1) is 20.8 Å². The molecule has 1 aliphatic rings. The summed E-state index contributed by atoms with van der Waals surface area (Å²) in [6, 6.07) is 5.78. The highest BCUT2D eigenvalue weighted by atomic mass is 16.5. The van der Waals surface area contributed by atoms with Crippen molar-refractivity contribution in [3.8, 4) is 11.5 Å². The van der Waals surface area contributed by atoms with E-state index in [1.165, 1.54) is 19.3 Å². The number of benzene rings is 1. The molecule has 5 nitrogen and oxygen atoms in total. The summed E-state index contributed by atoms with van der Waals surface area (Å²) < 4.78 is 10.5. The van der Waals surface area contributed by atoms with E-state index in [-0.39, 0.29) is 0 Å². The summed E-state index contributed by atoms with van der Waals surface area (Å²) in [7, 11) is 3.26. The first-order valence-electron chi connectivity index (χ1n) is 8.23.